The van der Waals surface area contributed by atoms with Gasteiger partial charge >= 0.3 is 0 Å². The second-order valence-electron chi connectivity index (χ2n) is 6.00. The van der Waals surface area contributed by atoms with Gasteiger partial charge in [-0.05, 0) is 61.8 Å². The second kappa shape index (κ2) is 5.88. The Morgan fingerprint density at radius 2 is 2.06 bits per heavy atom. The van der Waals surface area contributed by atoms with E-state index in [0.717, 1.165) is 18.4 Å². The third kappa shape index (κ3) is 2.77. The molecule has 1 nitrogen and oxygen atoms in total. The zero-order chi connectivity index (χ0) is 13.1. The van der Waals surface area contributed by atoms with Gasteiger partial charge in [0.05, 0.1) is 0 Å². The summed E-state index contributed by atoms with van der Waals surface area (Å²) in [6, 6.07) is 7.30. The van der Waals surface area contributed by atoms with Crippen LogP contribution in [0.15, 0.2) is 18.2 Å². The average Bonchev–Trinajstić information content (AvgIpc) is 2.77. The van der Waals surface area contributed by atoms with Crippen LogP contribution in [0.25, 0.3) is 0 Å². The molecule has 0 spiro atoms. The minimum Gasteiger partial charge on any atom is -0.310 e. The van der Waals surface area contributed by atoms with Crippen molar-refractivity contribution in [1.29, 1.82) is 0 Å². The molecule has 3 atom stereocenters. The first kappa shape index (κ1) is 13.6. The molecule has 0 radical (unpaired) electrons. The number of aryl methyl sites for hydroxylation is 1. The molecule has 0 aliphatic heterocycles. The fraction of sp³-hybridized carbons (Fsp3) is 0.647. The minimum absolute atomic E-state index is 0.555. The van der Waals surface area contributed by atoms with Crippen LogP contribution < -0.4 is 5.32 Å². The topological polar surface area (TPSA) is 12.0 Å². The lowest BCUT2D eigenvalue weighted by atomic mass is 9.87. The molecule has 0 amide bonds. The van der Waals surface area contributed by atoms with E-state index in [9.17, 15) is 0 Å². The lowest BCUT2D eigenvalue weighted by Gasteiger charge is -2.27. The predicted molar refractivity (Wildman–Crippen MR) is 78.8 cm³/mol. The molecule has 1 aromatic rings. The van der Waals surface area contributed by atoms with E-state index in [-0.39, 0.29) is 0 Å². The predicted octanol–water partition coefficient (Wildman–Crippen LogP) is 4.39. The molecular formula is C17H27N. The maximum absolute atomic E-state index is 3.73. The van der Waals surface area contributed by atoms with Gasteiger partial charge in [-0.3, -0.25) is 0 Å². The van der Waals surface area contributed by atoms with Gasteiger partial charge in [-0.1, -0.05) is 38.5 Å². The molecule has 0 saturated heterocycles. The fourth-order valence-electron chi connectivity index (χ4n) is 3.42. The van der Waals surface area contributed by atoms with Gasteiger partial charge in [-0.15, -0.1) is 0 Å². The molecule has 1 aliphatic carbocycles. The Kier molecular flexibility index (Phi) is 4.45. The van der Waals surface area contributed by atoms with Crippen molar-refractivity contribution in [2.75, 3.05) is 6.54 Å². The second-order valence-corrected chi connectivity index (χ2v) is 6.00. The number of benzene rings is 1. The third-order valence-corrected chi connectivity index (χ3v) is 4.61. The van der Waals surface area contributed by atoms with E-state index in [1.165, 1.54) is 36.0 Å². The zero-order valence-corrected chi connectivity index (χ0v) is 12.3. The number of hydrogen-bond donors (Lipinski definition) is 1. The van der Waals surface area contributed by atoms with E-state index in [1.54, 1.807) is 0 Å². The summed E-state index contributed by atoms with van der Waals surface area (Å²) >= 11 is 0. The van der Waals surface area contributed by atoms with Crippen LogP contribution in [0, 0.1) is 25.7 Å². The highest BCUT2D eigenvalue weighted by Gasteiger charge is 2.30. The van der Waals surface area contributed by atoms with E-state index >= 15 is 0 Å². The summed E-state index contributed by atoms with van der Waals surface area (Å²) in [7, 11) is 0. The number of hydrogen-bond acceptors (Lipinski definition) is 1. The highest BCUT2D eigenvalue weighted by atomic mass is 14.9. The molecule has 0 bridgehead atoms. The summed E-state index contributed by atoms with van der Waals surface area (Å²) in [4.78, 5) is 0. The summed E-state index contributed by atoms with van der Waals surface area (Å²) in [5.41, 5.74) is 4.42. The van der Waals surface area contributed by atoms with Gasteiger partial charge in [0, 0.05) is 6.04 Å². The van der Waals surface area contributed by atoms with Crippen molar-refractivity contribution in [1.82, 2.24) is 5.32 Å². The minimum atomic E-state index is 0.555. The molecule has 100 valence electrons. The maximum Gasteiger partial charge on any atom is 0.0351 e. The molecular weight excluding hydrogens is 218 g/mol. The molecule has 1 saturated carbocycles. The van der Waals surface area contributed by atoms with Crippen LogP contribution in [0.1, 0.15) is 55.8 Å². The van der Waals surface area contributed by atoms with Crippen molar-refractivity contribution in [3.05, 3.63) is 34.9 Å². The molecule has 18 heavy (non-hydrogen) atoms. The Morgan fingerprint density at radius 3 is 2.67 bits per heavy atom. The standard InChI is InChI=1S/C17H27N/c1-5-18-17(15-10-9-12(2)11-15)16-8-6-7-13(3)14(16)4/h6-8,12,15,17-18H,5,9-11H2,1-4H3. The van der Waals surface area contributed by atoms with Crippen molar-refractivity contribution in [3.8, 4) is 0 Å². The van der Waals surface area contributed by atoms with Gasteiger partial charge in [-0.2, -0.15) is 0 Å². The van der Waals surface area contributed by atoms with E-state index < -0.39 is 0 Å². The summed E-state index contributed by atoms with van der Waals surface area (Å²) in [5.74, 6) is 1.72. The maximum atomic E-state index is 3.73. The number of nitrogens with one attached hydrogen (secondary N) is 1. The lowest BCUT2D eigenvalue weighted by molar-refractivity contribution is 0.363. The Morgan fingerprint density at radius 1 is 1.28 bits per heavy atom. The van der Waals surface area contributed by atoms with Gasteiger partial charge in [0.2, 0.25) is 0 Å². The van der Waals surface area contributed by atoms with Crippen molar-refractivity contribution >= 4 is 0 Å². The summed E-state index contributed by atoms with van der Waals surface area (Å²) < 4.78 is 0. The number of rotatable bonds is 4. The van der Waals surface area contributed by atoms with E-state index in [1.807, 2.05) is 0 Å². The SMILES string of the molecule is CCNC(c1cccc(C)c1C)C1CCC(C)C1. The zero-order valence-electron chi connectivity index (χ0n) is 12.3. The summed E-state index contributed by atoms with van der Waals surface area (Å²) in [6.45, 7) is 10.2. The Bertz CT molecular complexity index is 397. The molecule has 1 aromatic carbocycles. The molecule has 2 rings (SSSR count). The largest absolute Gasteiger partial charge is 0.310 e. The smallest absolute Gasteiger partial charge is 0.0351 e. The van der Waals surface area contributed by atoms with Gasteiger partial charge in [0.25, 0.3) is 0 Å². The average molecular weight is 245 g/mol. The molecule has 3 unspecified atom stereocenters. The van der Waals surface area contributed by atoms with Crippen LogP contribution in [-0.4, -0.2) is 6.54 Å². The molecule has 1 fully saturated rings. The molecule has 0 heterocycles. The lowest BCUT2D eigenvalue weighted by Crippen LogP contribution is -2.28. The van der Waals surface area contributed by atoms with Crippen LogP contribution in [0.3, 0.4) is 0 Å². The third-order valence-electron chi connectivity index (χ3n) is 4.61. The van der Waals surface area contributed by atoms with Crippen molar-refractivity contribution in [2.45, 2.75) is 53.0 Å². The first-order valence-electron chi connectivity index (χ1n) is 7.43. The Hall–Kier alpha value is -0.820. The van der Waals surface area contributed by atoms with Crippen LogP contribution in [0.4, 0.5) is 0 Å². The van der Waals surface area contributed by atoms with Gasteiger partial charge in [0.15, 0.2) is 0 Å². The van der Waals surface area contributed by atoms with Crippen LogP contribution in [0.5, 0.6) is 0 Å². The fourth-order valence-corrected chi connectivity index (χ4v) is 3.42. The van der Waals surface area contributed by atoms with E-state index in [0.29, 0.717) is 6.04 Å². The highest BCUT2D eigenvalue weighted by molar-refractivity contribution is 5.35. The first-order valence-corrected chi connectivity index (χ1v) is 7.43. The van der Waals surface area contributed by atoms with Gasteiger partial charge < -0.3 is 5.32 Å². The molecule has 1 aliphatic rings. The Labute approximate surface area is 112 Å². The van der Waals surface area contributed by atoms with Crippen molar-refractivity contribution in [2.24, 2.45) is 11.8 Å². The van der Waals surface area contributed by atoms with Crippen LogP contribution >= 0.6 is 0 Å². The normalized spacial score (nSPS) is 25.3. The van der Waals surface area contributed by atoms with E-state index in [2.05, 4.69) is 51.2 Å². The highest BCUT2D eigenvalue weighted by Crippen LogP contribution is 2.39. The first-order chi connectivity index (χ1) is 8.63. The quantitative estimate of drug-likeness (QED) is 0.829. The van der Waals surface area contributed by atoms with Crippen molar-refractivity contribution < 1.29 is 0 Å². The molecule has 1 N–H and O–H groups in total. The summed E-state index contributed by atoms with van der Waals surface area (Å²) in [6.07, 6.45) is 4.16. The van der Waals surface area contributed by atoms with Crippen LogP contribution in [0.2, 0.25) is 0 Å². The van der Waals surface area contributed by atoms with E-state index in [4.69, 9.17) is 0 Å². The van der Waals surface area contributed by atoms with Gasteiger partial charge in [0.1, 0.15) is 0 Å². The monoisotopic (exact) mass is 245 g/mol. The molecule has 1 heteroatoms. The summed E-state index contributed by atoms with van der Waals surface area (Å²) in [5, 5.41) is 3.73. The molecule has 0 aromatic heterocycles. The van der Waals surface area contributed by atoms with Gasteiger partial charge in [-0.25, -0.2) is 0 Å². The van der Waals surface area contributed by atoms with Crippen molar-refractivity contribution in [3.63, 3.8) is 0 Å². The Balaban J connectivity index is 2.26. The van der Waals surface area contributed by atoms with Crippen LogP contribution in [-0.2, 0) is 0 Å².